The molecular weight excluding hydrogens is 335 g/mol. The van der Waals surface area contributed by atoms with E-state index < -0.39 is 10.0 Å². The topological polar surface area (TPSA) is 81.4 Å². The number of halogens is 2. The van der Waals surface area contributed by atoms with Gasteiger partial charge in [0.15, 0.2) is 0 Å². The van der Waals surface area contributed by atoms with Crippen LogP contribution in [0.2, 0.25) is 10.0 Å². The summed E-state index contributed by atoms with van der Waals surface area (Å²) in [6, 6.07) is 8.75. The number of anilines is 2. The minimum absolute atomic E-state index is 0.0608. The molecule has 0 bridgehead atoms. The van der Waals surface area contributed by atoms with Crippen molar-refractivity contribution < 1.29 is 13.2 Å². The lowest BCUT2D eigenvalue weighted by atomic mass is 10.3. The quantitative estimate of drug-likeness (QED) is 0.831. The lowest BCUT2D eigenvalue weighted by Crippen LogP contribution is -2.15. The highest BCUT2D eigenvalue weighted by atomic mass is 35.5. The van der Waals surface area contributed by atoms with Gasteiger partial charge in [-0.1, -0.05) is 23.2 Å². The fourth-order valence-electron chi connectivity index (χ4n) is 1.67. The van der Waals surface area contributed by atoms with Crippen molar-refractivity contribution in [2.45, 2.75) is 4.90 Å². The zero-order chi connectivity index (χ0) is 15.6. The second kappa shape index (κ2) is 6.01. The zero-order valence-electron chi connectivity index (χ0n) is 10.9. The number of nitrogens with two attached hydrogens (primary N) is 1. The Hall–Kier alpha value is -1.63. The number of ether oxygens (including phenoxy) is 1. The smallest absolute Gasteiger partial charge is 0.263 e. The molecule has 0 atom stereocenters. The van der Waals surface area contributed by atoms with E-state index in [0.717, 1.165) is 0 Å². The molecule has 0 amide bonds. The van der Waals surface area contributed by atoms with Gasteiger partial charge in [0.2, 0.25) is 0 Å². The van der Waals surface area contributed by atoms with Gasteiger partial charge in [0.05, 0.1) is 23.5 Å². The maximum absolute atomic E-state index is 12.3. The predicted octanol–water partition coefficient (Wildman–Crippen LogP) is 3.39. The molecule has 112 valence electrons. The van der Waals surface area contributed by atoms with Crippen LogP contribution in [-0.4, -0.2) is 15.5 Å². The normalized spacial score (nSPS) is 11.2. The minimum atomic E-state index is -3.86. The number of methoxy groups -OCH3 is 1. The maximum Gasteiger partial charge on any atom is 0.263 e. The van der Waals surface area contributed by atoms with Crippen LogP contribution in [0.15, 0.2) is 41.3 Å². The molecule has 0 unspecified atom stereocenters. The highest BCUT2D eigenvalue weighted by Gasteiger charge is 2.19. The zero-order valence-corrected chi connectivity index (χ0v) is 13.3. The molecule has 5 nitrogen and oxygen atoms in total. The van der Waals surface area contributed by atoms with E-state index in [1.165, 1.54) is 43.5 Å². The molecule has 2 rings (SSSR count). The molecule has 2 aromatic carbocycles. The van der Waals surface area contributed by atoms with Crippen LogP contribution in [0, 0.1) is 0 Å². The Balaban J connectivity index is 2.38. The van der Waals surface area contributed by atoms with Crippen LogP contribution < -0.4 is 15.2 Å². The van der Waals surface area contributed by atoms with Crippen LogP contribution in [0.5, 0.6) is 5.75 Å². The average Bonchev–Trinajstić information content (AvgIpc) is 2.41. The number of nitrogen functional groups attached to an aromatic ring is 1. The van der Waals surface area contributed by atoms with Crippen molar-refractivity contribution in [1.29, 1.82) is 0 Å². The highest BCUT2D eigenvalue weighted by molar-refractivity contribution is 7.92. The van der Waals surface area contributed by atoms with Gasteiger partial charge in [-0.25, -0.2) is 8.42 Å². The average molecular weight is 347 g/mol. The van der Waals surface area contributed by atoms with Crippen molar-refractivity contribution in [2.24, 2.45) is 0 Å². The first kappa shape index (κ1) is 15.8. The van der Waals surface area contributed by atoms with E-state index in [2.05, 4.69) is 4.72 Å². The first-order valence-electron chi connectivity index (χ1n) is 5.75. The third-order valence-electron chi connectivity index (χ3n) is 2.68. The summed E-state index contributed by atoms with van der Waals surface area (Å²) in [5.41, 5.74) is 6.04. The summed E-state index contributed by atoms with van der Waals surface area (Å²) < 4.78 is 32.0. The highest BCUT2D eigenvalue weighted by Crippen LogP contribution is 2.30. The predicted molar refractivity (Wildman–Crippen MR) is 84.7 cm³/mol. The lowest BCUT2D eigenvalue weighted by Gasteiger charge is -2.12. The molecule has 2 aromatic rings. The van der Waals surface area contributed by atoms with E-state index >= 15 is 0 Å². The van der Waals surface area contributed by atoms with Crippen molar-refractivity contribution in [3.05, 3.63) is 46.4 Å². The Bertz CT molecular complexity index is 779. The molecule has 0 spiro atoms. The number of hydrogen-bond donors (Lipinski definition) is 2. The number of rotatable bonds is 4. The molecule has 0 saturated carbocycles. The molecule has 0 radical (unpaired) electrons. The van der Waals surface area contributed by atoms with Crippen LogP contribution >= 0.6 is 23.2 Å². The molecule has 0 heterocycles. The molecule has 21 heavy (non-hydrogen) atoms. The molecular formula is C13H12Cl2N2O3S. The summed E-state index contributed by atoms with van der Waals surface area (Å²) in [7, 11) is -2.40. The van der Waals surface area contributed by atoms with Crippen molar-refractivity contribution in [3.8, 4) is 5.75 Å². The lowest BCUT2D eigenvalue weighted by molar-refractivity contribution is 0.414. The van der Waals surface area contributed by atoms with E-state index in [4.69, 9.17) is 33.7 Å². The summed E-state index contributed by atoms with van der Waals surface area (Å²) in [5, 5.41) is 0.602. The van der Waals surface area contributed by atoms with Crippen LogP contribution in [0.4, 0.5) is 11.4 Å². The van der Waals surface area contributed by atoms with Crippen molar-refractivity contribution in [3.63, 3.8) is 0 Å². The van der Waals surface area contributed by atoms with Crippen LogP contribution in [0.1, 0.15) is 0 Å². The van der Waals surface area contributed by atoms with Crippen molar-refractivity contribution in [2.75, 3.05) is 17.6 Å². The van der Waals surface area contributed by atoms with Gasteiger partial charge < -0.3 is 10.5 Å². The monoisotopic (exact) mass is 346 g/mol. The van der Waals surface area contributed by atoms with Gasteiger partial charge in [0, 0.05) is 11.1 Å². The second-order valence-corrected chi connectivity index (χ2v) is 6.63. The Labute approximate surface area is 132 Å². The Kier molecular flexibility index (Phi) is 4.51. The Morgan fingerprint density at radius 3 is 2.43 bits per heavy atom. The van der Waals surface area contributed by atoms with Crippen LogP contribution in [0.25, 0.3) is 0 Å². The Morgan fingerprint density at radius 1 is 1.14 bits per heavy atom. The van der Waals surface area contributed by atoms with Gasteiger partial charge >= 0.3 is 0 Å². The van der Waals surface area contributed by atoms with Crippen LogP contribution in [0.3, 0.4) is 0 Å². The largest absolute Gasteiger partial charge is 0.497 e. The number of benzene rings is 2. The molecule has 0 aliphatic carbocycles. The molecule has 3 N–H and O–H groups in total. The first-order chi connectivity index (χ1) is 9.83. The van der Waals surface area contributed by atoms with Gasteiger partial charge in [-0.3, -0.25) is 4.72 Å². The van der Waals surface area contributed by atoms with Gasteiger partial charge in [-0.05, 0) is 30.3 Å². The van der Waals surface area contributed by atoms with Crippen molar-refractivity contribution >= 4 is 44.6 Å². The molecule has 0 saturated heterocycles. The summed E-state index contributed by atoms with van der Waals surface area (Å²) in [4.78, 5) is -0.0608. The minimum Gasteiger partial charge on any atom is -0.497 e. The second-order valence-electron chi connectivity index (χ2n) is 4.13. The van der Waals surface area contributed by atoms with Gasteiger partial charge in [-0.2, -0.15) is 0 Å². The molecule has 8 heteroatoms. The number of sulfonamides is 1. The van der Waals surface area contributed by atoms with Crippen molar-refractivity contribution in [1.82, 2.24) is 0 Å². The maximum atomic E-state index is 12.3. The van der Waals surface area contributed by atoms with E-state index in [9.17, 15) is 8.42 Å². The van der Waals surface area contributed by atoms with Crippen LogP contribution in [-0.2, 0) is 10.0 Å². The number of hydrogen-bond acceptors (Lipinski definition) is 4. The summed E-state index contributed by atoms with van der Waals surface area (Å²) in [6.07, 6.45) is 0. The van der Waals surface area contributed by atoms with E-state index in [-0.39, 0.29) is 21.3 Å². The van der Waals surface area contributed by atoms with Gasteiger partial charge in [0.1, 0.15) is 10.6 Å². The Morgan fingerprint density at radius 2 is 1.86 bits per heavy atom. The van der Waals surface area contributed by atoms with Gasteiger partial charge in [0.25, 0.3) is 10.0 Å². The SMILES string of the molecule is COc1ccc(S(=O)(=O)Nc2ccc(Cl)cc2Cl)c(N)c1. The third kappa shape index (κ3) is 3.53. The third-order valence-corrected chi connectivity index (χ3v) is 4.67. The molecule has 0 aromatic heterocycles. The van der Waals surface area contributed by atoms with Gasteiger partial charge in [-0.15, -0.1) is 0 Å². The summed E-state index contributed by atoms with van der Waals surface area (Å²) in [5.74, 6) is 0.468. The summed E-state index contributed by atoms with van der Waals surface area (Å²) >= 11 is 11.7. The molecule has 0 aliphatic heterocycles. The van der Waals surface area contributed by atoms with E-state index in [1.54, 1.807) is 0 Å². The number of nitrogens with one attached hydrogen (secondary N) is 1. The molecule has 0 aliphatic rings. The van der Waals surface area contributed by atoms with E-state index in [0.29, 0.717) is 10.8 Å². The van der Waals surface area contributed by atoms with E-state index in [1.807, 2.05) is 0 Å². The standard InChI is InChI=1S/C13H12Cl2N2O3S/c1-20-9-3-5-13(11(16)7-9)21(18,19)17-12-4-2-8(14)6-10(12)15/h2-7,17H,16H2,1H3. The fraction of sp³-hybridized carbons (Fsp3) is 0.0769. The summed E-state index contributed by atoms with van der Waals surface area (Å²) in [6.45, 7) is 0. The first-order valence-corrected chi connectivity index (χ1v) is 7.99. The fourth-order valence-corrected chi connectivity index (χ4v) is 3.38. The molecule has 0 fully saturated rings.